The molecule has 11 atom stereocenters. The van der Waals surface area contributed by atoms with E-state index >= 15 is 0 Å². The van der Waals surface area contributed by atoms with Crippen LogP contribution in [0.2, 0.25) is 0 Å². The quantitative estimate of drug-likeness (QED) is 0.276. The first-order valence-electron chi connectivity index (χ1n) is 15.1. The number of nitrogens with one attached hydrogen (secondary N) is 1. The number of aliphatic hydroxyl groups excluding tert-OH is 2. The lowest BCUT2D eigenvalue weighted by Gasteiger charge is -2.62. The van der Waals surface area contributed by atoms with Gasteiger partial charge < -0.3 is 26.4 Å². The van der Waals surface area contributed by atoms with Gasteiger partial charge in [0.1, 0.15) is 6.04 Å². The molecule has 0 aromatic carbocycles. The van der Waals surface area contributed by atoms with Crippen LogP contribution in [0.4, 0.5) is 0 Å². The first-order chi connectivity index (χ1) is 17.5. The van der Waals surface area contributed by atoms with E-state index in [2.05, 4.69) is 26.1 Å². The molecular formula is C30H52N2O5. The molecule has 1 amide bonds. The van der Waals surface area contributed by atoms with Gasteiger partial charge in [0.05, 0.1) is 12.2 Å². The van der Waals surface area contributed by atoms with Crippen LogP contribution in [0.15, 0.2) is 0 Å². The van der Waals surface area contributed by atoms with Crippen LogP contribution >= 0.6 is 0 Å². The summed E-state index contributed by atoms with van der Waals surface area (Å²) in [6.45, 7) is 7.69. The van der Waals surface area contributed by atoms with Crippen molar-refractivity contribution in [2.24, 2.45) is 52.1 Å². The van der Waals surface area contributed by atoms with E-state index in [-0.39, 0.29) is 34.9 Å². The predicted octanol–water partition coefficient (Wildman–Crippen LogP) is 4.09. The van der Waals surface area contributed by atoms with Crippen molar-refractivity contribution in [2.45, 2.75) is 122 Å². The van der Waals surface area contributed by atoms with E-state index in [9.17, 15) is 24.9 Å². The Morgan fingerprint density at radius 3 is 2.35 bits per heavy atom. The van der Waals surface area contributed by atoms with Crippen LogP contribution in [0.25, 0.3) is 0 Å². The first-order valence-corrected chi connectivity index (χ1v) is 15.1. The minimum Gasteiger partial charge on any atom is -0.480 e. The lowest BCUT2D eigenvalue weighted by molar-refractivity contribution is -0.172. The summed E-state index contributed by atoms with van der Waals surface area (Å²) in [5.74, 6) is 1.85. The summed E-state index contributed by atoms with van der Waals surface area (Å²) in [5, 5.41) is 33.7. The normalized spacial score (nSPS) is 42.7. The first kappa shape index (κ1) is 28.8. The van der Waals surface area contributed by atoms with Gasteiger partial charge in [0.2, 0.25) is 5.91 Å². The number of aliphatic carboxylic acids is 1. The Balaban J connectivity index is 1.36. The van der Waals surface area contributed by atoms with Gasteiger partial charge in [0.25, 0.3) is 0 Å². The average molecular weight is 521 g/mol. The highest BCUT2D eigenvalue weighted by Crippen LogP contribution is 2.68. The molecule has 4 rings (SSSR count). The molecule has 7 heteroatoms. The Hall–Kier alpha value is -1.18. The number of carboxylic acid groups (broad SMARTS) is 1. The monoisotopic (exact) mass is 520 g/mol. The van der Waals surface area contributed by atoms with Gasteiger partial charge in [-0.2, -0.15) is 0 Å². The number of amides is 1. The van der Waals surface area contributed by atoms with Gasteiger partial charge in [-0.05, 0) is 130 Å². The number of carbonyl (C=O) groups is 2. The maximum absolute atomic E-state index is 12.6. The Morgan fingerprint density at radius 1 is 0.946 bits per heavy atom. The van der Waals surface area contributed by atoms with Crippen molar-refractivity contribution in [3.05, 3.63) is 0 Å². The molecule has 212 valence electrons. The molecule has 0 bridgehead atoms. The largest absolute Gasteiger partial charge is 0.480 e. The second kappa shape index (κ2) is 11.5. The van der Waals surface area contributed by atoms with Crippen LogP contribution in [-0.2, 0) is 9.59 Å². The Labute approximate surface area is 223 Å². The molecule has 7 nitrogen and oxygen atoms in total. The van der Waals surface area contributed by atoms with Gasteiger partial charge in [-0.15, -0.1) is 0 Å². The Bertz CT molecular complexity index is 822. The molecule has 4 fully saturated rings. The summed E-state index contributed by atoms with van der Waals surface area (Å²) >= 11 is 0. The SMILES string of the molecule is CC(CCC(=O)NC(CCCCN)C(=O)O)C1CCC2C3CC(O)C4CC(O)CCC4(C)C3CCC12C. The smallest absolute Gasteiger partial charge is 0.326 e. The van der Waals surface area contributed by atoms with Gasteiger partial charge >= 0.3 is 5.97 Å². The standard InChI is InChI=1S/C30H52N2O5/c1-18(7-10-27(35)32-25(28(36)37)6-4-5-15-31)21-8-9-22-20-17-26(34)24-16-19(33)11-13-30(24,3)23(20)12-14-29(21,22)2/h18-26,33-34H,4-17,31H2,1-3H3,(H,32,35)(H,36,37). The van der Waals surface area contributed by atoms with Crippen molar-refractivity contribution >= 4 is 11.9 Å². The maximum Gasteiger partial charge on any atom is 0.326 e. The summed E-state index contributed by atoms with van der Waals surface area (Å²) in [7, 11) is 0. The third-order valence-electron chi connectivity index (χ3n) is 11.8. The third kappa shape index (κ3) is 5.60. The minimum absolute atomic E-state index is 0.134. The number of hydrogen-bond acceptors (Lipinski definition) is 5. The number of nitrogens with two attached hydrogens (primary N) is 1. The molecule has 4 aliphatic rings. The molecule has 0 saturated heterocycles. The van der Waals surface area contributed by atoms with E-state index in [0.29, 0.717) is 55.4 Å². The number of fused-ring (bicyclic) bond motifs is 5. The zero-order valence-corrected chi connectivity index (χ0v) is 23.3. The molecule has 4 saturated carbocycles. The average Bonchev–Trinajstić information content (AvgIpc) is 3.20. The number of hydrogen-bond donors (Lipinski definition) is 5. The topological polar surface area (TPSA) is 133 Å². The van der Waals surface area contributed by atoms with Gasteiger partial charge in [-0.25, -0.2) is 4.79 Å². The summed E-state index contributed by atoms with van der Waals surface area (Å²) in [6.07, 6.45) is 10.8. The second-order valence-corrected chi connectivity index (χ2v) is 13.7. The summed E-state index contributed by atoms with van der Waals surface area (Å²) in [6, 6.07) is -0.832. The Kier molecular flexibility index (Phi) is 8.97. The van der Waals surface area contributed by atoms with Gasteiger partial charge in [0, 0.05) is 6.42 Å². The molecule has 0 aromatic heterocycles. The number of aliphatic hydroxyl groups is 2. The van der Waals surface area contributed by atoms with Crippen LogP contribution in [0, 0.1) is 46.3 Å². The molecule has 0 aromatic rings. The van der Waals surface area contributed by atoms with Crippen LogP contribution < -0.4 is 11.1 Å². The van der Waals surface area contributed by atoms with Crippen LogP contribution in [0.5, 0.6) is 0 Å². The highest BCUT2D eigenvalue weighted by molar-refractivity contribution is 5.83. The molecule has 0 radical (unpaired) electrons. The lowest BCUT2D eigenvalue weighted by Crippen LogP contribution is -2.58. The van der Waals surface area contributed by atoms with Crippen molar-refractivity contribution in [3.63, 3.8) is 0 Å². The summed E-state index contributed by atoms with van der Waals surface area (Å²) in [5.41, 5.74) is 5.89. The fourth-order valence-corrected chi connectivity index (χ4v) is 9.83. The highest BCUT2D eigenvalue weighted by Gasteiger charge is 2.62. The van der Waals surface area contributed by atoms with E-state index in [1.54, 1.807) is 0 Å². The fourth-order valence-electron chi connectivity index (χ4n) is 9.83. The van der Waals surface area contributed by atoms with E-state index in [0.717, 1.165) is 38.5 Å². The number of carboxylic acids is 1. The van der Waals surface area contributed by atoms with Crippen molar-refractivity contribution < 1.29 is 24.9 Å². The van der Waals surface area contributed by atoms with Gasteiger partial charge in [-0.3, -0.25) is 4.79 Å². The predicted molar refractivity (Wildman–Crippen MR) is 143 cm³/mol. The highest BCUT2D eigenvalue weighted by atomic mass is 16.4. The summed E-state index contributed by atoms with van der Waals surface area (Å²) < 4.78 is 0. The minimum atomic E-state index is -0.973. The molecule has 4 aliphatic carbocycles. The van der Waals surface area contributed by atoms with Crippen molar-refractivity contribution in [3.8, 4) is 0 Å². The molecule has 0 spiro atoms. The second-order valence-electron chi connectivity index (χ2n) is 13.7. The van der Waals surface area contributed by atoms with E-state index in [1.807, 2.05) is 0 Å². The van der Waals surface area contributed by atoms with Gasteiger partial charge in [0.15, 0.2) is 0 Å². The van der Waals surface area contributed by atoms with E-state index < -0.39 is 12.0 Å². The molecule has 11 unspecified atom stereocenters. The van der Waals surface area contributed by atoms with E-state index in [1.165, 1.54) is 25.7 Å². The zero-order valence-electron chi connectivity index (χ0n) is 23.3. The Morgan fingerprint density at radius 2 is 1.65 bits per heavy atom. The number of unbranched alkanes of at least 4 members (excludes halogenated alkanes) is 1. The van der Waals surface area contributed by atoms with Crippen molar-refractivity contribution in [2.75, 3.05) is 6.54 Å². The zero-order chi connectivity index (χ0) is 27.0. The lowest BCUT2D eigenvalue weighted by atomic mass is 9.44. The van der Waals surface area contributed by atoms with Crippen LogP contribution in [-0.4, -0.2) is 52.0 Å². The van der Waals surface area contributed by atoms with Crippen LogP contribution in [0.1, 0.15) is 104 Å². The fraction of sp³-hybridized carbons (Fsp3) is 0.933. The van der Waals surface area contributed by atoms with Crippen molar-refractivity contribution in [1.82, 2.24) is 5.32 Å². The maximum atomic E-state index is 12.6. The van der Waals surface area contributed by atoms with Crippen LogP contribution in [0.3, 0.4) is 0 Å². The van der Waals surface area contributed by atoms with E-state index in [4.69, 9.17) is 5.73 Å². The molecule has 0 heterocycles. The number of rotatable bonds is 10. The van der Waals surface area contributed by atoms with Crippen molar-refractivity contribution in [1.29, 1.82) is 0 Å². The van der Waals surface area contributed by atoms with Gasteiger partial charge in [-0.1, -0.05) is 20.8 Å². The molecule has 37 heavy (non-hydrogen) atoms. The molecular weight excluding hydrogens is 468 g/mol. The molecule has 6 N–H and O–H groups in total. The molecule has 0 aliphatic heterocycles. The number of carbonyl (C=O) groups excluding carboxylic acids is 1. The summed E-state index contributed by atoms with van der Waals surface area (Å²) in [4.78, 5) is 24.2. The third-order valence-corrected chi connectivity index (χ3v) is 11.8.